The van der Waals surface area contributed by atoms with Crippen molar-refractivity contribution in [2.24, 2.45) is 0 Å². The smallest absolute Gasteiger partial charge is 0.307 e. The van der Waals surface area contributed by atoms with Crippen LogP contribution in [0.15, 0.2) is 60.2 Å². The van der Waals surface area contributed by atoms with Crippen molar-refractivity contribution in [1.82, 2.24) is 4.90 Å². The van der Waals surface area contributed by atoms with Crippen molar-refractivity contribution >= 4 is 11.5 Å². The lowest BCUT2D eigenvalue weighted by molar-refractivity contribution is -0.136. The third-order valence-electron chi connectivity index (χ3n) is 4.32. The normalized spacial score (nSPS) is 15.0. The Hall–Kier alpha value is -2.59. The van der Waals surface area contributed by atoms with Gasteiger partial charge >= 0.3 is 5.97 Å². The quantitative estimate of drug-likeness (QED) is 0.664. The number of aliphatic carboxylic acids is 1. The molecular weight excluding hydrogens is 350 g/mol. The highest BCUT2D eigenvalue weighted by molar-refractivity contribution is 5.84. The van der Waals surface area contributed by atoms with Gasteiger partial charge in [-0.3, -0.25) is 4.79 Å². The molecule has 0 aliphatic carbocycles. The summed E-state index contributed by atoms with van der Waals surface area (Å²) in [5.41, 5.74) is 5.08. The Morgan fingerprint density at radius 1 is 1.32 bits per heavy atom. The third kappa shape index (κ3) is 6.86. The standard InChI is InChI=1S/C22H27NO3.C2H6/c1-5-6-8-18-15-26-21-11-10-17(14-22(24)25)13-20(21)19(16(18)2)9-7-12-23(3)4;1-2/h5-6,8-11,13H,1,7,12,14-15H2,2-4H3,(H,24,25);1-2H3/b8-6-,19-9-;. The monoisotopic (exact) mass is 383 g/mol. The Morgan fingerprint density at radius 2 is 2.04 bits per heavy atom. The summed E-state index contributed by atoms with van der Waals surface area (Å²) >= 11 is 0. The molecule has 1 heterocycles. The maximum Gasteiger partial charge on any atom is 0.307 e. The molecule has 4 nitrogen and oxygen atoms in total. The lowest BCUT2D eigenvalue weighted by Crippen LogP contribution is -2.12. The average Bonchev–Trinajstić information content (AvgIpc) is 2.78. The van der Waals surface area contributed by atoms with Crippen LogP contribution in [-0.2, 0) is 11.2 Å². The van der Waals surface area contributed by atoms with E-state index in [0.29, 0.717) is 6.61 Å². The molecule has 0 saturated heterocycles. The lowest BCUT2D eigenvalue weighted by Gasteiger charge is -2.13. The van der Waals surface area contributed by atoms with Crippen LogP contribution < -0.4 is 4.74 Å². The highest BCUT2D eigenvalue weighted by Crippen LogP contribution is 2.37. The van der Waals surface area contributed by atoms with Crippen molar-refractivity contribution < 1.29 is 14.6 Å². The van der Waals surface area contributed by atoms with Crippen molar-refractivity contribution in [2.75, 3.05) is 27.2 Å². The summed E-state index contributed by atoms with van der Waals surface area (Å²) < 4.78 is 6.00. The predicted octanol–water partition coefficient (Wildman–Crippen LogP) is 5.13. The molecule has 0 radical (unpaired) electrons. The van der Waals surface area contributed by atoms with E-state index in [0.717, 1.165) is 46.6 Å². The molecule has 1 aliphatic heterocycles. The maximum absolute atomic E-state index is 11.1. The van der Waals surface area contributed by atoms with E-state index in [1.807, 2.05) is 44.2 Å². The van der Waals surface area contributed by atoms with Crippen LogP contribution >= 0.6 is 0 Å². The summed E-state index contributed by atoms with van der Waals surface area (Å²) in [7, 11) is 4.10. The fourth-order valence-corrected chi connectivity index (χ4v) is 2.92. The SMILES string of the molecule is C=C/C=C\C1=C(C)C(=C/CCN(C)C)/c2cc(CC(=O)O)ccc2OC1.CC. The summed E-state index contributed by atoms with van der Waals surface area (Å²) in [6, 6.07) is 5.64. The highest BCUT2D eigenvalue weighted by atomic mass is 16.5. The largest absolute Gasteiger partial charge is 0.488 e. The highest BCUT2D eigenvalue weighted by Gasteiger charge is 2.19. The first-order valence-corrected chi connectivity index (χ1v) is 9.74. The maximum atomic E-state index is 11.1. The van der Waals surface area contributed by atoms with Crippen LogP contribution in [0.4, 0.5) is 0 Å². The number of benzene rings is 1. The predicted molar refractivity (Wildman–Crippen MR) is 118 cm³/mol. The average molecular weight is 384 g/mol. The molecule has 0 saturated carbocycles. The van der Waals surface area contributed by atoms with E-state index in [9.17, 15) is 4.79 Å². The van der Waals surface area contributed by atoms with Crippen molar-refractivity contribution in [1.29, 1.82) is 0 Å². The Bertz CT molecular complexity index is 770. The van der Waals surface area contributed by atoms with Crippen LogP contribution in [0.2, 0.25) is 0 Å². The Kier molecular flexibility index (Phi) is 10.0. The number of carboxylic acid groups (broad SMARTS) is 1. The summed E-state index contributed by atoms with van der Waals surface area (Å²) in [5.74, 6) is -0.0453. The number of nitrogens with zero attached hydrogens (tertiary/aromatic N) is 1. The van der Waals surface area contributed by atoms with E-state index in [4.69, 9.17) is 9.84 Å². The van der Waals surface area contributed by atoms with Gasteiger partial charge in [0.1, 0.15) is 12.4 Å². The molecule has 1 aromatic carbocycles. The molecule has 28 heavy (non-hydrogen) atoms. The van der Waals surface area contributed by atoms with Crippen molar-refractivity contribution in [3.63, 3.8) is 0 Å². The van der Waals surface area contributed by atoms with Gasteiger partial charge in [0.15, 0.2) is 0 Å². The minimum atomic E-state index is -0.834. The molecular formula is C24H33NO3. The van der Waals surface area contributed by atoms with Crippen LogP contribution in [-0.4, -0.2) is 43.2 Å². The summed E-state index contributed by atoms with van der Waals surface area (Å²) in [6.07, 6.45) is 8.80. The second kappa shape index (κ2) is 12.0. The number of carboxylic acids is 1. The molecule has 4 heteroatoms. The Labute approximate surface area is 169 Å². The van der Waals surface area contributed by atoms with Gasteiger partial charge in [-0.25, -0.2) is 0 Å². The zero-order valence-corrected chi connectivity index (χ0v) is 17.8. The number of hydrogen-bond donors (Lipinski definition) is 1. The van der Waals surface area contributed by atoms with Crippen molar-refractivity contribution in [3.8, 4) is 5.75 Å². The van der Waals surface area contributed by atoms with Gasteiger partial charge in [0.2, 0.25) is 0 Å². The van der Waals surface area contributed by atoms with Gasteiger partial charge in [0.25, 0.3) is 0 Å². The number of ether oxygens (including phenoxy) is 1. The minimum Gasteiger partial charge on any atom is -0.488 e. The van der Waals surface area contributed by atoms with Gasteiger partial charge in [-0.05, 0) is 61.9 Å². The first-order chi connectivity index (χ1) is 13.4. The van der Waals surface area contributed by atoms with Crippen LogP contribution in [0.1, 0.15) is 38.3 Å². The minimum absolute atomic E-state index is 0.00421. The van der Waals surface area contributed by atoms with Crippen molar-refractivity contribution in [2.45, 2.75) is 33.6 Å². The summed E-state index contributed by atoms with van der Waals surface area (Å²) in [6.45, 7) is 11.2. The molecule has 1 aromatic rings. The molecule has 0 fully saturated rings. The topological polar surface area (TPSA) is 49.8 Å². The first kappa shape index (κ1) is 23.4. The van der Waals surface area contributed by atoms with Gasteiger partial charge in [-0.15, -0.1) is 0 Å². The van der Waals surface area contributed by atoms with Crippen LogP contribution in [0.5, 0.6) is 5.75 Å². The van der Waals surface area contributed by atoms with Crippen LogP contribution in [0.3, 0.4) is 0 Å². The fourth-order valence-electron chi connectivity index (χ4n) is 2.92. The Morgan fingerprint density at radius 3 is 2.64 bits per heavy atom. The number of hydrogen-bond acceptors (Lipinski definition) is 3. The van der Waals surface area contributed by atoms with Gasteiger partial charge in [-0.1, -0.05) is 50.8 Å². The second-order valence-electron chi connectivity index (χ2n) is 6.64. The van der Waals surface area contributed by atoms with Crippen LogP contribution in [0, 0.1) is 0 Å². The Balaban J connectivity index is 0.00000190. The number of fused-ring (bicyclic) bond motifs is 1. The number of carbonyl (C=O) groups is 1. The number of allylic oxidation sites excluding steroid dienone is 4. The molecule has 1 aliphatic rings. The lowest BCUT2D eigenvalue weighted by atomic mass is 9.92. The molecule has 2 rings (SSSR count). The molecule has 152 valence electrons. The molecule has 0 atom stereocenters. The molecule has 1 N–H and O–H groups in total. The zero-order chi connectivity index (χ0) is 21.1. The third-order valence-corrected chi connectivity index (χ3v) is 4.32. The number of rotatable bonds is 7. The van der Waals surface area contributed by atoms with Gasteiger partial charge < -0.3 is 14.7 Å². The van der Waals surface area contributed by atoms with Crippen LogP contribution in [0.25, 0.3) is 5.57 Å². The van der Waals surface area contributed by atoms with E-state index in [2.05, 4.69) is 38.6 Å². The molecule has 0 aromatic heterocycles. The summed E-state index contributed by atoms with van der Waals surface area (Å²) in [5, 5.41) is 9.11. The molecule has 0 spiro atoms. The first-order valence-electron chi connectivity index (χ1n) is 9.74. The summed E-state index contributed by atoms with van der Waals surface area (Å²) in [4.78, 5) is 13.2. The van der Waals surface area contributed by atoms with Gasteiger partial charge in [0, 0.05) is 12.1 Å². The molecule has 0 bridgehead atoms. The van der Waals surface area contributed by atoms with E-state index < -0.39 is 5.97 Å². The zero-order valence-electron chi connectivity index (χ0n) is 17.8. The fraction of sp³-hybridized carbons (Fsp3) is 0.375. The van der Waals surface area contributed by atoms with Gasteiger partial charge in [0.05, 0.1) is 6.42 Å². The molecule has 0 amide bonds. The molecule has 0 unspecified atom stereocenters. The van der Waals surface area contributed by atoms with E-state index in [1.54, 1.807) is 6.08 Å². The van der Waals surface area contributed by atoms with E-state index in [1.165, 1.54) is 0 Å². The van der Waals surface area contributed by atoms with Crippen molar-refractivity contribution in [3.05, 3.63) is 71.4 Å². The van der Waals surface area contributed by atoms with E-state index >= 15 is 0 Å². The second-order valence-corrected chi connectivity index (χ2v) is 6.64. The van der Waals surface area contributed by atoms with E-state index in [-0.39, 0.29) is 6.42 Å². The van der Waals surface area contributed by atoms with Gasteiger partial charge in [-0.2, -0.15) is 0 Å².